The highest BCUT2D eigenvalue weighted by atomic mass is 16.2. The van der Waals surface area contributed by atoms with Gasteiger partial charge in [-0.3, -0.25) is 19.2 Å². The van der Waals surface area contributed by atoms with Crippen molar-refractivity contribution in [2.75, 3.05) is 37.6 Å². The maximum Gasteiger partial charge on any atom is 0.312 e. The van der Waals surface area contributed by atoms with Crippen molar-refractivity contribution in [1.29, 1.82) is 5.26 Å². The number of rotatable bonds is 7. The van der Waals surface area contributed by atoms with Crippen LogP contribution in [0.2, 0.25) is 0 Å². The van der Waals surface area contributed by atoms with Gasteiger partial charge in [-0.15, -0.1) is 0 Å². The van der Waals surface area contributed by atoms with Gasteiger partial charge in [-0.2, -0.15) is 5.26 Å². The number of anilines is 1. The lowest BCUT2D eigenvalue weighted by Crippen LogP contribution is -2.54. The lowest BCUT2D eigenvalue weighted by Gasteiger charge is -2.34. The van der Waals surface area contributed by atoms with Crippen LogP contribution in [0.3, 0.4) is 0 Å². The molecule has 0 unspecified atom stereocenters. The normalized spacial score (nSPS) is 13.5. The zero-order valence-corrected chi connectivity index (χ0v) is 18.0. The highest BCUT2D eigenvalue weighted by Crippen LogP contribution is 2.16. The number of amides is 4. The quantitative estimate of drug-likeness (QED) is 0.650. The SMILES string of the molecule is CC(C)NC(=O)C(=O)N1CCN(C(=O)CCC(=O)N(CCC#N)c2ccccc2)CC1. The highest BCUT2D eigenvalue weighted by Gasteiger charge is 2.28. The molecule has 9 heteroatoms. The van der Waals surface area contributed by atoms with Gasteiger partial charge in [0.2, 0.25) is 11.8 Å². The molecule has 1 fully saturated rings. The molecule has 1 aliphatic rings. The fraction of sp³-hybridized carbons (Fsp3) is 0.500. The summed E-state index contributed by atoms with van der Waals surface area (Å²) in [5.74, 6) is -1.61. The molecular weight excluding hydrogens is 398 g/mol. The van der Waals surface area contributed by atoms with Gasteiger partial charge in [0.05, 0.1) is 12.5 Å². The van der Waals surface area contributed by atoms with Crippen molar-refractivity contribution in [2.24, 2.45) is 0 Å². The van der Waals surface area contributed by atoms with Crippen molar-refractivity contribution in [2.45, 2.75) is 39.2 Å². The number of nitriles is 1. The molecule has 9 nitrogen and oxygen atoms in total. The summed E-state index contributed by atoms with van der Waals surface area (Å²) in [5, 5.41) is 11.4. The Morgan fingerprint density at radius 2 is 1.65 bits per heavy atom. The number of para-hydroxylation sites is 1. The molecule has 0 radical (unpaired) electrons. The molecule has 1 aromatic carbocycles. The Morgan fingerprint density at radius 3 is 2.23 bits per heavy atom. The summed E-state index contributed by atoms with van der Waals surface area (Å²) < 4.78 is 0. The minimum atomic E-state index is -0.640. The van der Waals surface area contributed by atoms with Crippen LogP contribution in [0.25, 0.3) is 0 Å². The first kappa shape index (κ1) is 23.9. The van der Waals surface area contributed by atoms with Gasteiger partial charge in [0, 0.05) is 57.3 Å². The Hall–Kier alpha value is -3.41. The summed E-state index contributed by atoms with van der Waals surface area (Å²) in [6.45, 7) is 5.04. The smallest absolute Gasteiger partial charge is 0.312 e. The average molecular weight is 428 g/mol. The third-order valence-corrected chi connectivity index (χ3v) is 4.90. The summed E-state index contributed by atoms with van der Waals surface area (Å²) >= 11 is 0. The van der Waals surface area contributed by atoms with E-state index in [0.717, 1.165) is 0 Å². The van der Waals surface area contributed by atoms with Crippen LogP contribution in [0.4, 0.5) is 5.69 Å². The first-order chi connectivity index (χ1) is 14.8. The Bertz CT molecular complexity index is 826. The summed E-state index contributed by atoms with van der Waals surface area (Å²) in [4.78, 5) is 53.8. The van der Waals surface area contributed by atoms with Gasteiger partial charge in [0.15, 0.2) is 0 Å². The monoisotopic (exact) mass is 427 g/mol. The first-order valence-electron chi connectivity index (χ1n) is 10.4. The van der Waals surface area contributed by atoms with E-state index in [0.29, 0.717) is 18.8 Å². The molecule has 0 aromatic heterocycles. The van der Waals surface area contributed by atoms with Crippen molar-refractivity contribution in [3.63, 3.8) is 0 Å². The average Bonchev–Trinajstić information content (AvgIpc) is 2.77. The van der Waals surface area contributed by atoms with E-state index in [1.54, 1.807) is 30.9 Å². The molecule has 1 aliphatic heterocycles. The second kappa shape index (κ2) is 11.7. The standard InChI is InChI=1S/C22H29N5O4/c1-17(2)24-21(30)22(31)26-15-13-25(14-16-26)19(28)9-10-20(29)27(12-6-11-23)18-7-4-3-5-8-18/h3-5,7-8,17H,6,9-10,12-16H2,1-2H3,(H,24,30). The van der Waals surface area contributed by atoms with Gasteiger partial charge in [-0.1, -0.05) is 18.2 Å². The van der Waals surface area contributed by atoms with Gasteiger partial charge in [0.1, 0.15) is 0 Å². The molecule has 2 rings (SSSR count). The number of carbonyl (C=O) groups excluding carboxylic acids is 4. The van der Waals surface area contributed by atoms with Crippen molar-refractivity contribution >= 4 is 29.3 Å². The largest absolute Gasteiger partial charge is 0.346 e. The van der Waals surface area contributed by atoms with Gasteiger partial charge in [-0.25, -0.2) is 0 Å². The number of nitrogens with one attached hydrogen (secondary N) is 1. The number of nitrogens with zero attached hydrogens (tertiary/aromatic N) is 4. The highest BCUT2D eigenvalue weighted by molar-refractivity contribution is 6.35. The minimum absolute atomic E-state index is 0.0368. The van der Waals surface area contributed by atoms with Crippen LogP contribution in [0.5, 0.6) is 0 Å². The Balaban J connectivity index is 1.84. The van der Waals surface area contributed by atoms with Crippen molar-refractivity contribution in [3.05, 3.63) is 30.3 Å². The van der Waals surface area contributed by atoms with Crippen molar-refractivity contribution in [1.82, 2.24) is 15.1 Å². The number of hydrogen-bond donors (Lipinski definition) is 1. The van der Waals surface area contributed by atoms with Gasteiger partial charge in [-0.05, 0) is 26.0 Å². The van der Waals surface area contributed by atoms with Gasteiger partial charge in [0.25, 0.3) is 0 Å². The Morgan fingerprint density at radius 1 is 1.03 bits per heavy atom. The third kappa shape index (κ3) is 7.10. The Kier molecular flexibility index (Phi) is 9.00. The van der Waals surface area contributed by atoms with Crippen LogP contribution in [-0.4, -0.2) is 72.2 Å². The summed E-state index contributed by atoms with van der Waals surface area (Å²) in [6.07, 6.45) is 0.292. The Labute approximate surface area is 182 Å². The topological polar surface area (TPSA) is 114 Å². The molecule has 166 valence electrons. The van der Waals surface area contributed by atoms with Crippen LogP contribution < -0.4 is 10.2 Å². The molecule has 0 bridgehead atoms. The van der Waals surface area contributed by atoms with E-state index in [4.69, 9.17) is 5.26 Å². The first-order valence-corrected chi connectivity index (χ1v) is 10.4. The molecule has 31 heavy (non-hydrogen) atoms. The third-order valence-electron chi connectivity index (χ3n) is 4.90. The lowest BCUT2D eigenvalue weighted by atomic mass is 10.2. The van der Waals surface area contributed by atoms with E-state index in [1.807, 2.05) is 24.3 Å². The molecule has 4 amide bonds. The molecule has 1 saturated heterocycles. The van der Waals surface area contributed by atoms with E-state index in [-0.39, 0.29) is 56.8 Å². The zero-order valence-electron chi connectivity index (χ0n) is 18.0. The van der Waals surface area contributed by atoms with E-state index in [9.17, 15) is 19.2 Å². The fourth-order valence-electron chi connectivity index (χ4n) is 3.30. The van der Waals surface area contributed by atoms with E-state index in [1.165, 1.54) is 9.80 Å². The molecule has 0 spiro atoms. The van der Waals surface area contributed by atoms with Crippen LogP contribution >= 0.6 is 0 Å². The predicted molar refractivity (Wildman–Crippen MR) is 115 cm³/mol. The van der Waals surface area contributed by atoms with Gasteiger partial charge >= 0.3 is 11.8 Å². The second-order valence-corrected chi connectivity index (χ2v) is 7.59. The van der Waals surface area contributed by atoms with Crippen molar-refractivity contribution < 1.29 is 19.2 Å². The maximum absolute atomic E-state index is 12.7. The van der Waals surface area contributed by atoms with Crippen LogP contribution in [-0.2, 0) is 19.2 Å². The summed E-state index contributed by atoms with van der Waals surface area (Å²) in [5.41, 5.74) is 0.696. The van der Waals surface area contributed by atoms with E-state index < -0.39 is 11.8 Å². The number of piperazine rings is 1. The number of benzene rings is 1. The molecule has 1 N–H and O–H groups in total. The van der Waals surface area contributed by atoms with Crippen LogP contribution in [0.1, 0.15) is 33.1 Å². The van der Waals surface area contributed by atoms with Crippen LogP contribution in [0.15, 0.2) is 30.3 Å². The summed E-state index contributed by atoms with van der Waals surface area (Å²) in [6, 6.07) is 11.0. The molecule has 0 aliphatic carbocycles. The fourth-order valence-corrected chi connectivity index (χ4v) is 3.30. The van der Waals surface area contributed by atoms with Crippen LogP contribution in [0, 0.1) is 11.3 Å². The molecular formula is C22H29N5O4. The number of hydrogen-bond acceptors (Lipinski definition) is 5. The molecule has 1 heterocycles. The summed E-state index contributed by atoms with van der Waals surface area (Å²) in [7, 11) is 0. The second-order valence-electron chi connectivity index (χ2n) is 7.59. The zero-order chi connectivity index (χ0) is 22.8. The van der Waals surface area contributed by atoms with E-state index >= 15 is 0 Å². The minimum Gasteiger partial charge on any atom is -0.346 e. The molecule has 1 aromatic rings. The van der Waals surface area contributed by atoms with Crippen molar-refractivity contribution in [3.8, 4) is 6.07 Å². The maximum atomic E-state index is 12.7. The number of carbonyl (C=O) groups is 4. The predicted octanol–water partition coefficient (Wildman–Crippen LogP) is 0.909. The van der Waals surface area contributed by atoms with Gasteiger partial charge < -0.3 is 20.0 Å². The molecule has 0 saturated carbocycles. The van der Waals surface area contributed by atoms with E-state index in [2.05, 4.69) is 5.32 Å². The molecule has 0 atom stereocenters. The lowest BCUT2D eigenvalue weighted by molar-refractivity contribution is -0.148.